The Balaban J connectivity index is 0.00000144. The normalized spacial score (nSPS) is 25.1. The number of halogens is 1. The molecule has 6 heteroatoms. The van der Waals surface area contributed by atoms with E-state index in [1.54, 1.807) is 11.8 Å². The molecule has 0 aromatic rings. The number of rotatable bonds is 3. The quantitative estimate of drug-likeness (QED) is 0.752. The van der Waals surface area contributed by atoms with Gasteiger partial charge in [-0.25, -0.2) is 0 Å². The summed E-state index contributed by atoms with van der Waals surface area (Å²) < 4.78 is 0. The second kappa shape index (κ2) is 5.69. The van der Waals surface area contributed by atoms with Gasteiger partial charge in [0.1, 0.15) is 6.04 Å². The third-order valence-corrected chi connectivity index (χ3v) is 3.15. The number of nitrogens with zero attached hydrogens (tertiary/aromatic N) is 1. The van der Waals surface area contributed by atoms with E-state index in [0.29, 0.717) is 12.6 Å². The summed E-state index contributed by atoms with van der Waals surface area (Å²) in [5.41, 5.74) is 5.57. The van der Waals surface area contributed by atoms with Gasteiger partial charge in [0.15, 0.2) is 0 Å². The van der Waals surface area contributed by atoms with E-state index in [0.717, 1.165) is 25.7 Å². The number of nitrogens with two attached hydrogens (primary N) is 1. The molecular formula is C11H20ClN3O2. The minimum Gasteiger partial charge on any atom is -0.352 e. The molecule has 2 aliphatic rings. The molecule has 1 aliphatic heterocycles. The Hall–Kier alpha value is -0.810. The van der Waals surface area contributed by atoms with Gasteiger partial charge < -0.3 is 16.0 Å². The first-order valence-electron chi connectivity index (χ1n) is 5.96. The number of nitrogens with one attached hydrogen (secondary N) is 1. The predicted molar refractivity (Wildman–Crippen MR) is 66.8 cm³/mol. The maximum atomic E-state index is 11.9. The van der Waals surface area contributed by atoms with Crippen molar-refractivity contribution in [3.63, 3.8) is 0 Å². The van der Waals surface area contributed by atoms with Crippen molar-refractivity contribution in [3.05, 3.63) is 0 Å². The Morgan fingerprint density at radius 2 is 2.00 bits per heavy atom. The van der Waals surface area contributed by atoms with Crippen molar-refractivity contribution in [2.75, 3.05) is 6.54 Å². The SMILES string of the molecule is C[C@H](N)C(=O)N1CCCC1C(=O)NC1CC1.Cl. The zero-order valence-corrected chi connectivity index (χ0v) is 10.8. The lowest BCUT2D eigenvalue weighted by Gasteiger charge is -2.25. The largest absolute Gasteiger partial charge is 0.352 e. The van der Waals surface area contributed by atoms with Gasteiger partial charge in [-0.2, -0.15) is 0 Å². The number of hydrogen-bond acceptors (Lipinski definition) is 3. The highest BCUT2D eigenvalue weighted by Crippen LogP contribution is 2.22. The molecule has 3 N–H and O–H groups in total. The standard InChI is InChI=1S/C11H19N3O2.ClH/c1-7(12)11(16)14-6-2-3-9(14)10(15)13-8-4-5-8;/h7-9H,2-6,12H2,1H3,(H,13,15);1H/t7-,9?;/m0./s1. The lowest BCUT2D eigenvalue weighted by atomic mass is 10.2. The van der Waals surface area contributed by atoms with E-state index in [2.05, 4.69) is 5.32 Å². The maximum absolute atomic E-state index is 11.9. The van der Waals surface area contributed by atoms with E-state index in [9.17, 15) is 9.59 Å². The van der Waals surface area contributed by atoms with Crippen LogP contribution in [0.25, 0.3) is 0 Å². The number of carbonyl (C=O) groups is 2. The lowest BCUT2D eigenvalue weighted by Crippen LogP contribution is -2.50. The average molecular weight is 262 g/mol. The molecule has 0 spiro atoms. The molecule has 0 bridgehead atoms. The molecule has 0 aromatic carbocycles. The minimum atomic E-state index is -0.519. The highest BCUT2D eigenvalue weighted by molar-refractivity contribution is 5.90. The molecule has 5 nitrogen and oxygen atoms in total. The van der Waals surface area contributed by atoms with E-state index in [1.807, 2.05) is 0 Å². The van der Waals surface area contributed by atoms with Crippen LogP contribution in [0.5, 0.6) is 0 Å². The third-order valence-electron chi connectivity index (χ3n) is 3.15. The fourth-order valence-corrected chi connectivity index (χ4v) is 2.09. The van der Waals surface area contributed by atoms with Crippen molar-refractivity contribution >= 4 is 24.2 Å². The Labute approximate surface area is 108 Å². The van der Waals surface area contributed by atoms with Gasteiger partial charge >= 0.3 is 0 Å². The zero-order chi connectivity index (χ0) is 11.7. The van der Waals surface area contributed by atoms with Crippen molar-refractivity contribution in [3.8, 4) is 0 Å². The first-order chi connectivity index (χ1) is 7.59. The van der Waals surface area contributed by atoms with Gasteiger partial charge in [-0.3, -0.25) is 9.59 Å². The van der Waals surface area contributed by atoms with Crippen LogP contribution in [-0.4, -0.2) is 41.4 Å². The molecule has 98 valence electrons. The molecule has 2 fully saturated rings. The van der Waals surface area contributed by atoms with E-state index in [-0.39, 0.29) is 30.3 Å². The van der Waals surface area contributed by atoms with Gasteiger partial charge in [0.25, 0.3) is 0 Å². The maximum Gasteiger partial charge on any atom is 0.243 e. The summed E-state index contributed by atoms with van der Waals surface area (Å²) in [7, 11) is 0. The number of amides is 2. The minimum absolute atomic E-state index is 0. The average Bonchev–Trinajstić information content (AvgIpc) is 2.91. The van der Waals surface area contributed by atoms with E-state index < -0.39 is 6.04 Å². The number of carbonyl (C=O) groups excluding carboxylic acids is 2. The van der Waals surface area contributed by atoms with Crippen molar-refractivity contribution in [2.24, 2.45) is 5.73 Å². The molecule has 2 atom stereocenters. The van der Waals surface area contributed by atoms with Crippen molar-refractivity contribution < 1.29 is 9.59 Å². The summed E-state index contributed by atoms with van der Waals surface area (Å²) >= 11 is 0. The highest BCUT2D eigenvalue weighted by Gasteiger charge is 2.37. The fourth-order valence-electron chi connectivity index (χ4n) is 2.09. The molecule has 1 saturated carbocycles. The van der Waals surface area contributed by atoms with Gasteiger partial charge in [0, 0.05) is 12.6 Å². The molecule has 1 aliphatic carbocycles. The second-order valence-corrected chi connectivity index (χ2v) is 4.76. The lowest BCUT2D eigenvalue weighted by molar-refractivity contribution is -0.139. The van der Waals surface area contributed by atoms with Crippen molar-refractivity contribution in [1.29, 1.82) is 0 Å². The van der Waals surface area contributed by atoms with Crippen LogP contribution in [0.3, 0.4) is 0 Å². The smallest absolute Gasteiger partial charge is 0.243 e. The topological polar surface area (TPSA) is 75.4 Å². The van der Waals surface area contributed by atoms with Gasteiger partial charge in [-0.1, -0.05) is 0 Å². The van der Waals surface area contributed by atoms with Crippen LogP contribution < -0.4 is 11.1 Å². The Kier molecular flexibility index (Phi) is 4.77. The van der Waals surface area contributed by atoms with Crippen LogP contribution in [0.4, 0.5) is 0 Å². The molecule has 1 unspecified atom stereocenters. The van der Waals surface area contributed by atoms with Gasteiger partial charge in [-0.15, -0.1) is 12.4 Å². The van der Waals surface area contributed by atoms with Gasteiger partial charge in [0.05, 0.1) is 6.04 Å². The molecule has 1 heterocycles. The van der Waals surface area contributed by atoms with Crippen LogP contribution >= 0.6 is 12.4 Å². The summed E-state index contributed by atoms with van der Waals surface area (Å²) in [4.78, 5) is 25.3. The summed E-state index contributed by atoms with van der Waals surface area (Å²) in [5, 5.41) is 2.95. The van der Waals surface area contributed by atoms with E-state index >= 15 is 0 Å². The van der Waals surface area contributed by atoms with Crippen LogP contribution in [0, 0.1) is 0 Å². The van der Waals surface area contributed by atoms with Crippen LogP contribution in [-0.2, 0) is 9.59 Å². The van der Waals surface area contributed by atoms with E-state index in [4.69, 9.17) is 5.73 Å². The van der Waals surface area contributed by atoms with Crippen LogP contribution in [0.1, 0.15) is 32.6 Å². The summed E-state index contributed by atoms with van der Waals surface area (Å²) in [6.07, 6.45) is 3.79. The number of likely N-dealkylation sites (tertiary alicyclic amines) is 1. The molecule has 17 heavy (non-hydrogen) atoms. The van der Waals surface area contributed by atoms with Crippen molar-refractivity contribution in [1.82, 2.24) is 10.2 Å². The fraction of sp³-hybridized carbons (Fsp3) is 0.818. The summed E-state index contributed by atoms with van der Waals surface area (Å²) in [6, 6.07) is -0.464. The first-order valence-corrected chi connectivity index (χ1v) is 5.96. The molecular weight excluding hydrogens is 242 g/mol. The van der Waals surface area contributed by atoms with E-state index in [1.165, 1.54) is 0 Å². The molecule has 2 rings (SSSR count). The zero-order valence-electron chi connectivity index (χ0n) is 10.0. The molecule has 2 amide bonds. The summed E-state index contributed by atoms with van der Waals surface area (Å²) in [6.45, 7) is 2.32. The summed E-state index contributed by atoms with van der Waals surface area (Å²) in [5.74, 6) is -0.123. The second-order valence-electron chi connectivity index (χ2n) is 4.76. The van der Waals surface area contributed by atoms with Gasteiger partial charge in [-0.05, 0) is 32.6 Å². The molecule has 0 radical (unpaired) electrons. The van der Waals surface area contributed by atoms with Crippen molar-refractivity contribution in [2.45, 2.75) is 50.7 Å². The Morgan fingerprint density at radius 3 is 2.53 bits per heavy atom. The Morgan fingerprint density at radius 1 is 1.35 bits per heavy atom. The van der Waals surface area contributed by atoms with Gasteiger partial charge in [0.2, 0.25) is 11.8 Å². The molecule has 1 saturated heterocycles. The first kappa shape index (κ1) is 14.3. The highest BCUT2D eigenvalue weighted by atomic mass is 35.5. The Bertz CT molecular complexity index is 305. The monoisotopic (exact) mass is 261 g/mol. The predicted octanol–water partition coefficient (Wildman–Crippen LogP) is 0.0250. The van der Waals surface area contributed by atoms with Crippen LogP contribution in [0.2, 0.25) is 0 Å². The number of hydrogen-bond donors (Lipinski definition) is 2. The van der Waals surface area contributed by atoms with Crippen LogP contribution in [0.15, 0.2) is 0 Å². The third kappa shape index (κ3) is 3.33. The molecule has 0 aromatic heterocycles.